The monoisotopic (exact) mass is 313 g/mol. The molecule has 2 unspecified atom stereocenters. The van der Waals surface area contributed by atoms with Crippen molar-refractivity contribution >= 4 is 17.4 Å². The second-order valence-corrected chi connectivity index (χ2v) is 6.34. The lowest BCUT2D eigenvalue weighted by Gasteiger charge is -2.18. The van der Waals surface area contributed by atoms with E-state index in [1.165, 1.54) is 5.56 Å². The topological polar surface area (TPSA) is 29.1 Å². The summed E-state index contributed by atoms with van der Waals surface area (Å²) in [6, 6.07) is 16.1. The third-order valence-electron chi connectivity index (χ3n) is 4.38. The van der Waals surface area contributed by atoms with Crippen LogP contribution in [0.1, 0.15) is 40.9 Å². The summed E-state index contributed by atoms with van der Waals surface area (Å²) in [6.45, 7) is 2.88. The van der Waals surface area contributed by atoms with Crippen LogP contribution in [0.5, 0.6) is 0 Å². The van der Waals surface area contributed by atoms with Gasteiger partial charge >= 0.3 is 0 Å². The quantitative estimate of drug-likeness (QED) is 0.827. The third-order valence-corrected chi connectivity index (χ3v) is 4.61. The number of rotatable bonds is 5. The number of Topliss-reactive ketones (excluding diaryl/α,β-unsaturated/α-hetero) is 1. The number of fused-ring (bicyclic) bond motifs is 1. The van der Waals surface area contributed by atoms with Crippen molar-refractivity contribution in [2.45, 2.75) is 25.8 Å². The van der Waals surface area contributed by atoms with Crippen molar-refractivity contribution in [1.29, 1.82) is 0 Å². The molecule has 1 aliphatic rings. The summed E-state index contributed by atoms with van der Waals surface area (Å²) in [5.41, 5.74) is 3.21. The van der Waals surface area contributed by atoms with Crippen molar-refractivity contribution in [3.05, 3.63) is 70.2 Å². The van der Waals surface area contributed by atoms with Gasteiger partial charge in [-0.3, -0.25) is 4.79 Å². The van der Waals surface area contributed by atoms with E-state index >= 15 is 0 Å². The number of hydrogen-bond donors (Lipinski definition) is 1. The molecule has 0 saturated heterocycles. The van der Waals surface area contributed by atoms with Gasteiger partial charge in [0.05, 0.1) is 0 Å². The van der Waals surface area contributed by atoms with Gasteiger partial charge in [0, 0.05) is 22.5 Å². The van der Waals surface area contributed by atoms with Gasteiger partial charge in [0.2, 0.25) is 0 Å². The van der Waals surface area contributed by atoms with Crippen molar-refractivity contribution in [2.75, 3.05) is 6.54 Å². The molecule has 3 heteroatoms. The molecule has 1 aliphatic carbocycles. The number of aryl methyl sites for hydroxylation is 1. The first-order chi connectivity index (χ1) is 10.7. The smallest absolute Gasteiger partial charge is 0.167 e. The number of hydrogen-bond acceptors (Lipinski definition) is 2. The highest BCUT2D eigenvalue weighted by molar-refractivity contribution is 6.30. The fraction of sp³-hybridized carbons (Fsp3) is 0.316. The number of halogens is 1. The molecule has 0 heterocycles. The highest BCUT2D eigenvalue weighted by atomic mass is 35.5. The molecule has 1 N–H and O–H groups in total. The highest BCUT2D eigenvalue weighted by Gasteiger charge is 2.36. The Morgan fingerprint density at radius 3 is 2.68 bits per heavy atom. The zero-order valence-electron chi connectivity index (χ0n) is 12.7. The van der Waals surface area contributed by atoms with Crippen molar-refractivity contribution in [3.63, 3.8) is 0 Å². The molecule has 0 aromatic heterocycles. The summed E-state index contributed by atoms with van der Waals surface area (Å²) in [5.74, 6) is 0.192. The Kier molecular flexibility index (Phi) is 4.60. The third kappa shape index (κ3) is 3.08. The molecule has 0 amide bonds. The number of benzene rings is 2. The zero-order valence-corrected chi connectivity index (χ0v) is 13.4. The van der Waals surface area contributed by atoms with Gasteiger partial charge in [-0.2, -0.15) is 0 Å². The first-order valence-electron chi connectivity index (χ1n) is 7.78. The molecule has 3 rings (SSSR count). The molecule has 0 bridgehead atoms. The molecular formula is C19H20ClNO. The van der Waals surface area contributed by atoms with Crippen LogP contribution < -0.4 is 5.32 Å². The van der Waals surface area contributed by atoms with E-state index in [0.717, 1.165) is 30.5 Å². The number of ketones is 1. The molecule has 0 spiro atoms. The molecule has 0 radical (unpaired) electrons. The molecule has 2 aromatic rings. The van der Waals surface area contributed by atoms with Crippen LogP contribution in [0, 0.1) is 5.92 Å². The average molecular weight is 314 g/mol. The molecule has 2 nitrogen and oxygen atoms in total. The van der Waals surface area contributed by atoms with Gasteiger partial charge in [-0.1, -0.05) is 48.9 Å². The van der Waals surface area contributed by atoms with Gasteiger partial charge in [-0.15, -0.1) is 0 Å². The first kappa shape index (κ1) is 15.3. The second-order valence-electron chi connectivity index (χ2n) is 5.91. The average Bonchev–Trinajstić information content (AvgIpc) is 2.76. The fourth-order valence-electron chi connectivity index (χ4n) is 3.16. The number of carbonyl (C=O) groups excluding carboxylic acids is 1. The Balaban J connectivity index is 1.61. The maximum absolute atomic E-state index is 12.3. The normalized spacial score (nSPS) is 20.2. The lowest BCUT2D eigenvalue weighted by atomic mass is 10.0. The summed E-state index contributed by atoms with van der Waals surface area (Å²) in [5, 5.41) is 4.23. The number of carbonyl (C=O) groups is 1. The van der Waals surface area contributed by atoms with Crippen molar-refractivity contribution < 1.29 is 4.79 Å². The van der Waals surface area contributed by atoms with Gasteiger partial charge in [0.25, 0.3) is 0 Å². The van der Waals surface area contributed by atoms with Gasteiger partial charge in [0.1, 0.15) is 0 Å². The van der Waals surface area contributed by atoms with E-state index < -0.39 is 0 Å². The summed E-state index contributed by atoms with van der Waals surface area (Å²) < 4.78 is 0. The van der Waals surface area contributed by atoms with Gasteiger partial charge in [0.15, 0.2) is 5.78 Å². The van der Waals surface area contributed by atoms with Crippen LogP contribution in [-0.4, -0.2) is 12.3 Å². The zero-order chi connectivity index (χ0) is 15.5. The Labute approximate surface area is 136 Å². The molecule has 22 heavy (non-hydrogen) atoms. The molecule has 2 aromatic carbocycles. The van der Waals surface area contributed by atoms with E-state index in [-0.39, 0.29) is 17.7 Å². The number of nitrogens with one attached hydrogen (secondary N) is 1. The van der Waals surface area contributed by atoms with Gasteiger partial charge in [-0.05, 0) is 48.7 Å². The Morgan fingerprint density at radius 1 is 1.14 bits per heavy atom. The minimum atomic E-state index is -0.0230. The summed E-state index contributed by atoms with van der Waals surface area (Å²) in [4.78, 5) is 12.3. The van der Waals surface area contributed by atoms with E-state index in [1.807, 2.05) is 25.1 Å². The maximum atomic E-state index is 12.3. The van der Waals surface area contributed by atoms with E-state index in [0.29, 0.717) is 5.02 Å². The lowest BCUT2D eigenvalue weighted by Crippen LogP contribution is -2.26. The van der Waals surface area contributed by atoms with E-state index in [9.17, 15) is 4.79 Å². The lowest BCUT2D eigenvalue weighted by molar-refractivity contribution is 0.0927. The second kappa shape index (κ2) is 6.64. The van der Waals surface area contributed by atoms with Crippen LogP contribution in [0.2, 0.25) is 5.02 Å². The summed E-state index contributed by atoms with van der Waals surface area (Å²) in [7, 11) is 0. The standard InChI is InChI=1S/C19H20ClNO/c1-13-18(17-12-15(20)9-10-16(17)19(13)22)21-11-5-8-14-6-3-2-4-7-14/h2-4,6-7,9-10,12-13,18,21H,5,8,11H2,1H3. The molecule has 114 valence electrons. The Hall–Kier alpha value is -1.64. The predicted octanol–water partition coefficient (Wildman–Crippen LogP) is 4.44. The van der Waals surface area contributed by atoms with Crippen LogP contribution in [0.15, 0.2) is 48.5 Å². The van der Waals surface area contributed by atoms with Crippen LogP contribution in [0.3, 0.4) is 0 Å². The van der Waals surface area contributed by atoms with Crippen LogP contribution in [0.25, 0.3) is 0 Å². The van der Waals surface area contributed by atoms with E-state index in [1.54, 1.807) is 6.07 Å². The molecule has 2 atom stereocenters. The molecule has 0 aliphatic heterocycles. The minimum Gasteiger partial charge on any atom is -0.309 e. The van der Waals surface area contributed by atoms with Crippen molar-refractivity contribution in [1.82, 2.24) is 5.32 Å². The molecule has 0 saturated carbocycles. The minimum absolute atomic E-state index is 0.0230. The predicted molar refractivity (Wildman–Crippen MR) is 90.5 cm³/mol. The van der Waals surface area contributed by atoms with Crippen molar-refractivity contribution in [3.8, 4) is 0 Å². The highest BCUT2D eigenvalue weighted by Crippen LogP contribution is 2.37. The first-order valence-corrected chi connectivity index (χ1v) is 8.15. The van der Waals surface area contributed by atoms with Crippen LogP contribution in [0.4, 0.5) is 0 Å². The van der Waals surface area contributed by atoms with E-state index in [4.69, 9.17) is 11.6 Å². The summed E-state index contributed by atoms with van der Waals surface area (Å²) in [6.07, 6.45) is 2.10. The Bertz CT molecular complexity index is 668. The van der Waals surface area contributed by atoms with Crippen LogP contribution in [-0.2, 0) is 6.42 Å². The maximum Gasteiger partial charge on any atom is 0.167 e. The van der Waals surface area contributed by atoms with Crippen molar-refractivity contribution in [2.24, 2.45) is 5.92 Å². The largest absolute Gasteiger partial charge is 0.309 e. The fourth-order valence-corrected chi connectivity index (χ4v) is 3.34. The van der Waals surface area contributed by atoms with E-state index in [2.05, 4.69) is 29.6 Å². The SMILES string of the molecule is CC1C(=O)c2ccc(Cl)cc2C1NCCCc1ccccc1. The van der Waals surface area contributed by atoms with Gasteiger partial charge < -0.3 is 5.32 Å². The van der Waals surface area contributed by atoms with Gasteiger partial charge in [-0.25, -0.2) is 0 Å². The molecular weight excluding hydrogens is 294 g/mol. The Morgan fingerprint density at radius 2 is 1.91 bits per heavy atom. The molecule has 0 fully saturated rings. The summed E-state index contributed by atoms with van der Waals surface area (Å²) >= 11 is 6.09. The van der Waals surface area contributed by atoms with Crippen LogP contribution >= 0.6 is 11.6 Å².